The number of H-pyrrole nitrogens is 1. The predicted octanol–water partition coefficient (Wildman–Crippen LogP) is 3.21. The van der Waals surface area contributed by atoms with Crippen molar-refractivity contribution in [2.24, 2.45) is 0 Å². The molecular weight excluding hydrogens is 491 g/mol. The number of halogens is 2. The van der Waals surface area contributed by atoms with Gasteiger partial charge in [0.25, 0.3) is 11.2 Å². The molecule has 3 rings (SSSR count). The molecule has 1 heterocycles. The summed E-state index contributed by atoms with van der Waals surface area (Å²) in [6.07, 6.45) is 0. The van der Waals surface area contributed by atoms with Crippen LogP contribution in [0, 0.1) is 24.0 Å². The summed E-state index contributed by atoms with van der Waals surface area (Å²) in [6.45, 7) is 3.67. The van der Waals surface area contributed by atoms with Gasteiger partial charge in [-0.1, -0.05) is 23.2 Å². The first-order chi connectivity index (χ1) is 15.9. The van der Waals surface area contributed by atoms with Crippen molar-refractivity contribution in [1.29, 1.82) is 0 Å². The molecule has 3 aromatic rings. The van der Waals surface area contributed by atoms with Crippen LogP contribution in [0.15, 0.2) is 40.7 Å². The zero-order valence-corrected chi connectivity index (χ0v) is 19.4. The summed E-state index contributed by atoms with van der Waals surface area (Å²) >= 11 is 12.0. The summed E-state index contributed by atoms with van der Waals surface area (Å²) in [5.74, 6) is -5.46. The number of aromatic nitrogens is 2. The Kier molecular flexibility index (Phi) is 6.99. The first-order valence-corrected chi connectivity index (χ1v) is 10.3. The average Bonchev–Trinajstić information content (AvgIpc) is 2.77. The van der Waals surface area contributed by atoms with Crippen LogP contribution in [-0.4, -0.2) is 33.1 Å². The third kappa shape index (κ3) is 4.75. The van der Waals surface area contributed by atoms with E-state index < -0.39 is 45.4 Å². The number of esters is 1. The number of methoxy groups -OCH3 is 1. The van der Waals surface area contributed by atoms with Gasteiger partial charge in [0.15, 0.2) is 5.88 Å². The fourth-order valence-electron chi connectivity index (χ4n) is 3.12. The van der Waals surface area contributed by atoms with E-state index in [2.05, 4.69) is 20.0 Å². The molecule has 0 aliphatic heterocycles. The highest BCUT2D eigenvalue weighted by molar-refractivity contribution is 6.39. The molecule has 13 heteroatoms. The van der Waals surface area contributed by atoms with E-state index in [1.807, 2.05) is 13.8 Å². The predicted molar refractivity (Wildman–Crippen MR) is 123 cm³/mol. The Labute approximate surface area is 201 Å². The van der Waals surface area contributed by atoms with Gasteiger partial charge in [-0.3, -0.25) is 19.7 Å². The van der Waals surface area contributed by atoms with Crippen LogP contribution in [0.4, 0.5) is 11.4 Å². The smallest absolute Gasteiger partial charge is 0.318 e. The number of nitrogens with one attached hydrogen (secondary N) is 2. The molecule has 0 amide bonds. The third-order valence-corrected chi connectivity index (χ3v) is 5.62. The molecule has 1 aromatic heterocycles. The maximum absolute atomic E-state index is 13.0. The number of nitrogens with zero attached hydrogens (tertiary/aromatic N) is 2. The second-order valence-corrected chi connectivity index (χ2v) is 8.05. The highest BCUT2D eigenvalue weighted by Gasteiger charge is 2.28. The number of ether oxygens (including phenoxy) is 1. The van der Waals surface area contributed by atoms with Crippen molar-refractivity contribution in [2.45, 2.75) is 19.8 Å². The third-order valence-electron chi connectivity index (χ3n) is 5.02. The number of aryl methyl sites for hydroxylation is 2. The molecule has 3 N–H and O–H groups in total. The topological polar surface area (TPSA) is 171 Å². The molecule has 1 atom stereocenters. The molecule has 11 nitrogen and oxygen atoms in total. The second-order valence-electron chi connectivity index (χ2n) is 7.24. The van der Waals surface area contributed by atoms with Crippen LogP contribution < -0.4 is 16.0 Å². The second kappa shape index (κ2) is 9.57. The van der Waals surface area contributed by atoms with E-state index in [4.69, 9.17) is 23.2 Å². The van der Waals surface area contributed by atoms with E-state index in [0.29, 0.717) is 11.0 Å². The number of aliphatic hydroxyl groups is 1. The van der Waals surface area contributed by atoms with Crippen molar-refractivity contribution in [3.63, 3.8) is 0 Å². The Morgan fingerprint density at radius 1 is 1.21 bits per heavy atom. The Morgan fingerprint density at radius 2 is 1.79 bits per heavy atom. The monoisotopic (exact) mass is 507 g/mol. The maximum Gasteiger partial charge on any atom is 0.318 e. The fraction of sp³-hybridized carbons (Fsp3) is 0.190. The largest absolute Gasteiger partial charge is 0.871 e. The van der Waals surface area contributed by atoms with E-state index in [1.54, 1.807) is 12.1 Å². The van der Waals surface area contributed by atoms with Gasteiger partial charge in [-0.2, -0.15) is 0 Å². The van der Waals surface area contributed by atoms with Crippen molar-refractivity contribution in [2.75, 3.05) is 12.4 Å². The van der Waals surface area contributed by atoms with Crippen LogP contribution in [0.3, 0.4) is 0 Å². The molecular formula is C21H17Cl2N4O7-. The summed E-state index contributed by atoms with van der Waals surface area (Å²) in [6, 6.07) is 5.26. The van der Waals surface area contributed by atoms with Gasteiger partial charge in [-0.15, -0.1) is 0 Å². The highest BCUT2D eigenvalue weighted by atomic mass is 35.5. The molecule has 34 heavy (non-hydrogen) atoms. The van der Waals surface area contributed by atoms with Gasteiger partial charge in [0, 0.05) is 12.1 Å². The first kappa shape index (κ1) is 24.8. The maximum atomic E-state index is 13.0. The summed E-state index contributed by atoms with van der Waals surface area (Å²) in [7, 11) is 1.000. The van der Waals surface area contributed by atoms with Crippen molar-refractivity contribution in [3.05, 3.63) is 83.2 Å². The molecule has 0 saturated carbocycles. The van der Waals surface area contributed by atoms with Gasteiger partial charge < -0.3 is 25.3 Å². The zero-order valence-electron chi connectivity index (χ0n) is 17.9. The number of aliphatic hydroxyl groups excluding tert-OH is 1. The number of nitro benzene ring substituents is 1. The van der Waals surface area contributed by atoms with E-state index in [9.17, 15) is 29.9 Å². The van der Waals surface area contributed by atoms with Crippen molar-refractivity contribution >= 4 is 51.6 Å². The van der Waals surface area contributed by atoms with Crippen LogP contribution >= 0.6 is 23.2 Å². The van der Waals surface area contributed by atoms with Gasteiger partial charge in [-0.05, 0) is 42.9 Å². The number of nitro groups is 1. The van der Waals surface area contributed by atoms with E-state index in [1.165, 1.54) is 0 Å². The van der Waals surface area contributed by atoms with Crippen LogP contribution in [0.2, 0.25) is 10.0 Å². The van der Waals surface area contributed by atoms with Gasteiger partial charge >= 0.3 is 5.97 Å². The van der Waals surface area contributed by atoms with Crippen LogP contribution in [-0.2, 0) is 9.53 Å². The molecule has 178 valence electrons. The average molecular weight is 508 g/mol. The SMILES string of the molecule is COC(=O)C(C([O-])=C(O)Nc1c(Cl)cc([N+](=O)[O-])cc1Cl)c1nc2cc(C)c(C)cc2[nH]c1=O. The Hall–Kier alpha value is -3.83. The zero-order chi connectivity index (χ0) is 25.3. The number of hydrogen-bond acceptors (Lipinski definition) is 9. The highest BCUT2D eigenvalue weighted by Crippen LogP contribution is 2.36. The molecule has 1 unspecified atom stereocenters. The van der Waals surface area contributed by atoms with Crippen molar-refractivity contribution < 1.29 is 24.7 Å². The molecule has 0 aliphatic carbocycles. The number of fused-ring (bicyclic) bond motifs is 1. The molecule has 2 aromatic carbocycles. The van der Waals surface area contributed by atoms with Gasteiger partial charge in [-0.25, -0.2) is 4.98 Å². The number of carbonyl (C=O) groups excluding carboxylic acids is 1. The molecule has 0 spiro atoms. The van der Waals surface area contributed by atoms with Crippen LogP contribution in [0.25, 0.3) is 11.0 Å². The minimum atomic E-state index is -1.93. The lowest BCUT2D eigenvalue weighted by atomic mass is 10.0. The molecule has 0 saturated heterocycles. The number of anilines is 1. The Morgan fingerprint density at radius 3 is 2.35 bits per heavy atom. The lowest BCUT2D eigenvalue weighted by Crippen LogP contribution is -2.32. The molecule has 0 radical (unpaired) electrons. The van der Waals surface area contributed by atoms with E-state index in [0.717, 1.165) is 30.4 Å². The summed E-state index contributed by atoms with van der Waals surface area (Å²) in [5.41, 5.74) is 0.478. The minimum absolute atomic E-state index is 0.227. The quantitative estimate of drug-likeness (QED) is 0.196. The Bertz CT molecular complexity index is 1400. The van der Waals surface area contributed by atoms with Gasteiger partial charge in [0.05, 0.1) is 38.8 Å². The lowest BCUT2D eigenvalue weighted by Gasteiger charge is -2.24. The fourth-order valence-corrected chi connectivity index (χ4v) is 3.69. The summed E-state index contributed by atoms with van der Waals surface area (Å²) in [4.78, 5) is 42.1. The summed E-state index contributed by atoms with van der Waals surface area (Å²) in [5, 5.41) is 36.0. The first-order valence-electron chi connectivity index (χ1n) is 9.54. The lowest BCUT2D eigenvalue weighted by molar-refractivity contribution is -0.384. The Balaban J connectivity index is 2.12. The number of rotatable bonds is 6. The number of aromatic amines is 1. The molecule has 0 bridgehead atoms. The van der Waals surface area contributed by atoms with Gasteiger partial charge in [0.2, 0.25) is 0 Å². The van der Waals surface area contributed by atoms with Crippen LogP contribution in [0.5, 0.6) is 0 Å². The van der Waals surface area contributed by atoms with E-state index in [-0.39, 0.29) is 15.7 Å². The number of benzene rings is 2. The number of hydrogen-bond donors (Lipinski definition) is 3. The molecule has 0 fully saturated rings. The normalized spacial score (nSPS) is 12.7. The number of non-ortho nitro benzene ring substituents is 1. The standard InChI is InChI=1S/C21H18Cl2N4O7/c1-8-4-13-14(5-9(8)2)25-19(29)17(24-13)15(21(31)34-3)18(28)20(30)26-16-11(22)6-10(27(32)33)7-12(16)23/h4-7,15,26,28,30H,1-3H3,(H,25,29)/p-1. The number of carbonyl (C=O) groups is 1. The van der Waals surface area contributed by atoms with Crippen molar-refractivity contribution in [1.82, 2.24) is 9.97 Å². The van der Waals surface area contributed by atoms with E-state index >= 15 is 0 Å². The van der Waals surface area contributed by atoms with Gasteiger partial charge in [0.1, 0.15) is 11.6 Å². The van der Waals surface area contributed by atoms with Crippen molar-refractivity contribution in [3.8, 4) is 0 Å². The minimum Gasteiger partial charge on any atom is -0.871 e. The summed E-state index contributed by atoms with van der Waals surface area (Å²) < 4.78 is 4.66. The van der Waals surface area contributed by atoms with Crippen LogP contribution in [0.1, 0.15) is 22.7 Å². The molecule has 0 aliphatic rings.